The molecule has 4 heteroatoms. The van der Waals surface area contributed by atoms with Gasteiger partial charge in [0, 0.05) is 11.9 Å². The van der Waals surface area contributed by atoms with Gasteiger partial charge in [0.1, 0.15) is 0 Å². The van der Waals surface area contributed by atoms with Crippen LogP contribution in [0.5, 0.6) is 0 Å². The highest BCUT2D eigenvalue weighted by molar-refractivity contribution is 5.88. The third-order valence-corrected chi connectivity index (χ3v) is 1.68. The average molecular weight is 165 g/mol. The molecular weight excluding hydrogens is 154 g/mol. The molecule has 0 radical (unpaired) electrons. The number of primary amides is 1. The number of rotatable bonds is 2. The van der Waals surface area contributed by atoms with Crippen LogP contribution in [-0.2, 0) is 6.42 Å². The molecule has 1 rings (SSSR count). The average Bonchev–Trinajstić information content (AvgIpc) is 2.04. The molecule has 1 amide bonds. The maximum atomic E-state index is 10.6. The van der Waals surface area contributed by atoms with E-state index in [-0.39, 0.29) is 5.82 Å². The summed E-state index contributed by atoms with van der Waals surface area (Å²) in [4.78, 5) is 18.4. The number of carbonyl (C=O) groups excluding carboxylic acids is 1. The van der Waals surface area contributed by atoms with Crippen LogP contribution in [-0.4, -0.2) is 15.9 Å². The summed E-state index contributed by atoms with van der Waals surface area (Å²) < 4.78 is 0. The highest BCUT2D eigenvalue weighted by Crippen LogP contribution is 2.03. The second-order valence-electron chi connectivity index (χ2n) is 2.52. The third-order valence-electron chi connectivity index (χ3n) is 1.68. The van der Waals surface area contributed by atoms with E-state index in [2.05, 4.69) is 9.97 Å². The van der Waals surface area contributed by atoms with E-state index in [0.717, 1.165) is 17.7 Å². The van der Waals surface area contributed by atoms with Crippen LogP contribution < -0.4 is 5.73 Å². The molecule has 0 atom stereocenters. The Bertz CT molecular complexity index is 309. The van der Waals surface area contributed by atoms with E-state index in [4.69, 9.17) is 5.73 Å². The summed E-state index contributed by atoms with van der Waals surface area (Å²) in [5.74, 6) is -0.495. The Morgan fingerprint density at radius 1 is 1.67 bits per heavy atom. The summed E-state index contributed by atoms with van der Waals surface area (Å²) in [7, 11) is 0. The molecule has 1 aromatic heterocycles. The molecule has 0 unspecified atom stereocenters. The van der Waals surface area contributed by atoms with E-state index >= 15 is 0 Å². The standard InChI is InChI=1S/C8H11N3O/c1-3-6-4-10-8(7(9)12)11-5(6)2/h4H,3H2,1-2H3,(H2,9,12). The summed E-state index contributed by atoms with van der Waals surface area (Å²) in [5, 5.41) is 0. The van der Waals surface area contributed by atoms with Gasteiger partial charge in [0.25, 0.3) is 5.91 Å². The van der Waals surface area contributed by atoms with Gasteiger partial charge in [-0.3, -0.25) is 4.79 Å². The lowest BCUT2D eigenvalue weighted by molar-refractivity contribution is 0.0990. The van der Waals surface area contributed by atoms with E-state index in [1.807, 2.05) is 13.8 Å². The lowest BCUT2D eigenvalue weighted by atomic mass is 10.2. The fourth-order valence-corrected chi connectivity index (χ4v) is 0.958. The van der Waals surface area contributed by atoms with E-state index in [0.29, 0.717) is 0 Å². The third kappa shape index (κ3) is 1.58. The van der Waals surface area contributed by atoms with Crippen molar-refractivity contribution in [1.82, 2.24) is 9.97 Å². The molecule has 2 N–H and O–H groups in total. The van der Waals surface area contributed by atoms with Gasteiger partial charge in [0.05, 0.1) is 0 Å². The molecule has 0 saturated carbocycles. The molecule has 0 aliphatic heterocycles. The fourth-order valence-electron chi connectivity index (χ4n) is 0.958. The first-order chi connectivity index (χ1) is 5.65. The Balaban J connectivity index is 3.10. The smallest absolute Gasteiger partial charge is 0.286 e. The Labute approximate surface area is 70.8 Å². The molecule has 0 fully saturated rings. The highest BCUT2D eigenvalue weighted by atomic mass is 16.1. The number of hydrogen-bond acceptors (Lipinski definition) is 3. The lowest BCUT2D eigenvalue weighted by Gasteiger charge is -2.01. The molecule has 0 aliphatic rings. The quantitative estimate of drug-likeness (QED) is 0.691. The van der Waals surface area contributed by atoms with Gasteiger partial charge in [-0.25, -0.2) is 9.97 Å². The minimum Gasteiger partial charge on any atom is -0.363 e. The molecule has 12 heavy (non-hydrogen) atoms. The summed E-state index contributed by atoms with van der Waals surface area (Å²) in [6.45, 7) is 3.85. The summed E-state index contributed by atoms with van der Waals surface area (Å²) in [6.07, 6.45) is 2.51. The monoisotopic (exact) mass is 165 g/mol. The van der Waals surface area contributed by atoms with E-state index in [9.17, 15) is 4.79 Å². The van der Waals surface area contributed by atoms with Crippen LogP contribution in [0.1, 0.15) is 28.8 Å². The van der Waals surface area contributed by atoms with Gasteiger partial charge in [-0.15, -0.1) is 0 Å². The molecule has 0 saturated heterocycles. The van der Waals surface area contributed by atoms with Gasteiger partial charge < -0.3 is 5.73 Å². The van der Waals surface area contributed by atoms with Crippen LogP contribution in [0, 0.1) is 6.92 Å². The largest absolute Gasteiger partial charge is 0.363 e. The van der Waals surface area contributed by atoms with Crippen LogP contribution in [0.2, 0.25) is 0 Å². The van der Waals surface area contributed by atoms with Gasteiger partial charge in [-0.2, -0.15) is 0 Å². The number of hydrogen-bond donors (Lipinski definition) is 1. The van der Waals surface area contributed by atoms with E-state index in [1.165, 1.54) is 0 Å². The SMILES string of the molecule is CCc1cnc(C(N)=O)nc1C. The molecule has 64 valence electrons. The minimum absolute atomic E-state index is 0.0877. The Hall–Kier alpha value is -1.45. The number of nitrogens with two attached hydrogens (primary N) is 1. The van der Waals surface area contributed by atoms with Gasteiger partial charge in [0.15, 0.2) is 0 Å². The van der Waals surface area contributed by atoms with Crippen LogP contribution in [0.4, 0.5) is 0 Å². The van der Waals surface area contributed by atoms with Crippen molar-refractivity contribution in [2.75, 3.05) is 0 Å². The van der Waals surface area contributed by atoms with E-state index in [1.54, 1.807) is 6.20 Å². The number of amides is 1. The summed E-state index contributed by atoms with van der Waals surface area (Å²) in [6, 6.07) is 0. The summed E-state index contributed by atoms with van der Waals surface area (Å²) >= 11 is 0. The first-order valence-corrected chi connectivity index (χ1v) is 3.77. The zero-order chi connectivity index (χ0) is 9.14. The molecule has 0 aliphatic carbocycles. The second-order valence-corrected chi connectivity index (χ2v) is 2.52. The minimum atomic E-state index is -0.583. The lowest BCUT2D eigenvalue weighted by Crippen LogP contribution is -2.16. The molecule has 0 spiro atoms. The molecule has 0 aromatic carbocycles. The van der Waals surface area contributed by atoms with Crippen molar-refractivity contribution in [3.05, 3.63) is 23.3 Å². The van der Waals surface area contributed by atoms with Gasteiger partial charge in [0.2, 0.25) is 5.82 Å². The van der Waals surface area contributed by atoms with Crippen LogP contribution >= 0.6 is 0 Å². The first kappa shape index (κ1) is 8.64. The van der Waals surface area contributed by atoms with Gasteiger partial charge >= 0.3 is 0 Å². The number of carbonyl (C=O) groups is 1. The van der Waals surface area contributed by atoms with Crippen molar-refractivity contribution in [3.63, 3.8) is 0 Å². The van der Waals surface area contributed by atoms with Crippen molar-refractivity contribution < 1.29 is 4.79 Å². The topological polar surface area (TPSA) is 68.9 Å². The molecule has 1 aromatic rings. The highest BCUT2D eigenvalue weighted by Gasteiger charge is 2.05. The fraction of sp³-hybridized carbons (Fsp3) is 0.375. The van der Waals surface area contributed by atoms with Crippen LogP contribution in [0.15, 0.2) is 6.20 Å². The Morgan fingerprint density at radius 2 is 2.33 bits per heavy atom. The second kappa shape index (κ2) is 3.30. The summed E-state index contributed by atoms with van der Waals surface area (Å²) in [5.41, 5.74) is 6.87. The number of nitrogens with zero attached hydrogens (tertiary/aromatic N) is 2. The Morgan fingerprint density at radius 3 is 2.75 bits per heavy atom. The molecular formula is C8H11N3O. The van der Waals surface area contributed by atoms with Crippen molar-refractivity contribution >= 4 is 5.91 Å². The zero-order valence-electron chi connectivity index (χ0n) is 7.16. The van der Waals surface area contributed by atoms with Crippen molar-refractivity contribution in [3.8, 4) is 0 Å². The Kier molecular flexibility index (Phi) is 2.38. The van der Waals surface area contributed by atoms with Gasteiger partial charge in [-0.1, -0.05) is 6.92 Å². The van der Waals surface area contributed by atoms with Gasteiger partial charge in [-0.05, 0) is 18.9 Å². The maximum absolute atomic E-state index is 10.6. The normalized spacial score (nSPS) is 9.83. The number of aryl methyl sites for hydroxylation is 2. The maximum Gasteiger partial charge on any atom is 0.286 e. The van der Waals surface area contributed by atoms with Crippen LogP contribution in [0.3, 0.4) is 0 Å². The van der Waals surface area contributed by atoms with Crippen molar-refractivity contribution in [2.45, 2.75) is 20.3 Å². The van der Waals surface area contributed by atoms with E-state index < -0.39 is 5.91 Å². The van der Waals surface area contributed by atoms with Crippen molar-refractivity contribution in [2.24, 2.45) is 5.73 Å². The zero-order valence-corrected chi connectivity index (χ0v) is 7.16. The first-order valence-electron chi connectivity index (χ1n) is 3.77. The molecule has 0 bridgehead atoms. The molecule has 1 heterocycles. The van der Waals surface area contributed by atoms with Crippen molar-refractivity contribution in [1.29, 1.82) is 0 Å². The number of aromatic nitrogens is 2. The predicted molar refractivity (Wildman–Crippen MR) is 44.7 cm³/mol. The molecule has 4 nitrogen and oxygen atoms in total. The van der Waals surface area contributed by atoms with Crippen LogP contribution in [0.25, 0.3) is 0 Å². The predicted octanol–water partition coefficient (Wildman–Crippen LogP) is 0.446.